The van der Waals surface area contributed by atoms with Crippen molar-refractivity contribution < 1.29 is 10.2 Å². The molecule has 0 aliphatic carbocycles. The number of anilines is 6. The van der Waals surface area contributed by atoms with Crippen LogP contribution in [0, 0.1) is 0 Å². The first-order valence-electron chi connectivity index (χ1n) is 13.6. The molecule has 6 rings (SSSR count). The molecular weight excluding hydrogens is 516 g/mol. The number of benzene rings is 6. The van der Waals surface area contributed by atoms with Gasteiger partial charge in [-0.2, -0.15) is 0 Å². The van der Waals surface area contributed by atoms with E-state index < -0.39 is 0 Å². The third-order valence-corrected chi connectivity index (χ3v) is 6.83. The minimum absolute atomic E-state index is 0.242. The number of para-hydroxylation sites is 2. The predicted octanol–water partition coefficient (Wildman–Crippen LogP) is 10.5. The highest BCUT2D eigenvalue weighted by atomic mass is 16.3. The largest absolute Gasteiger partial charge is 0.508 e. The van der Waals surface area contributed by atoms with Gasteiger partial charge >= 0.3 is 0 Å². The molecule has 0 atom stereocenters. The van der Waals surface area contributed by atoms with E-state index in [4.69, 9.17) is 0 Å². The van der Waals surface area contributed by atoms with Gasteiger partial charge in [-0.05, 0) is 108 Å². The van der Waals surface area contributed by atoms with Crippen LogP contribution in [-0.2, 0) is 0 Å². The molecule has 4 heteroatoms. The summed E-state index contributed by atoms with van der Waals surface area (Å²) in [5, 5.41) is 19.6. The second-order valence-corrected chi connectivity index (χ2v) is 9.47. The van der Waals surface area contributed by atoms with Gasteiger partial charge in [-0.1, -0.05) is 60.7 Å². The summed E-state index contributed by atoms with van der Waals surface area (Å²) in [6.45, 7) is 6.00. The van der Waals surface area contributed by atoms with Crippen LogP contribution in [0.3, 0.4) is 0 Å². The molecule has 6 aromatic carbocycles. The molecule has 0 aliphatic rings. The van der Waals surface area contributed by atoms with Crippen molar-refractivity contribution in [1.29, 1.82) is 0 Å². The summed E-state index contributed by atoms with van der Waals surface area (Å²) in [6, 6.07) is 51.9. The molecule has 0 saturated heterocycles. The van der Waals surface area contributed by atoms with Crippen molar-refractivity contribution in [3.8, 4) is 22.6 Å². The summed E-state index contributed by atoms with van der Waals surface area (Å²) < 4.78 is 0. The first kappa shape index (κ1) is 27.8. The molecule has 6 aromatic rings. The van der Waals surface area contributed by atoms with Crippen molar-refractivity contribution in [2.45, 2.75) is 0 Å². The van der Waals surface area contributed by atoms with Gasteiger partial charge in [0, 0.05) is 34.1 Å². The number of hydrogen-bond acceptors (Lipinski definition) is 4. The lowest BCUT2D eigenvalue weighted by Crippen LogP contribution is -2.09. The number of hydrogen-bond donors (Lipinski definition) is 2. The normalized spacial score (nSPS) is 10.3. The lowest BCUT2D eigenvalue weighted by Gasteiger charge is -2.26. The zero-order chi connectivity index (χ0) is 29.3. The smallest absolute Gasteiger partial charge is 0.115 e. The Labute approximate surface area is 247 Å². The van der Waals surface area contributed by atoms with Gasteiger partial charge in [0.05, 0.1) is 0 Å². The predicted molar refractivity (Wildman–Crippen MR) is 176 cm³/mol. The van der Waals surface area contributed by atoms with E-state index in [2.05, 4.69) is 95.8 Å². The number of rotatable bonds is 7. The van der Waals surface area contributed by atoms with E-state index in [0.29, 0.717) is 0 Å². The van der Waals surface area contributed by atoms with Crippen molar-refractivity contribution in [3.63, 3.8) is 0 Å². The van der Waals surface area contributed by atoms with Crippen LogP contribution in [0.1, 0.15) is 0 Å². The first-order valence-corrected chi connectivity index (χ1v) is 13.6. The first-order chi connectivity index (χ1) is 20.7. The molecule has 0 aromatic heterocycles. The second kappa shape index (κ2) is 13.1. The summed E-state index contributed by atoms with van der Waals surface area (Å²) in [4.78, 5) is 4.34. The Balaban J connectivity index is 0.00000173. The molecule has 4 nitrogen and oxygen atoms in total. The van der Waals surface area contributed by atoms with E-state index >= 15 is 0 Å². The molecule has 0 bridgehead atoms. The molecular formula is C38H32N2O2. The van der Waals surface area contributed by atoms with Crippen LogP contribution in [-0.4, -0.2) is 10.2 Å². The maximum Gasteiger partial charge on any atom is 0.115 e. The van der Waals surface area contributed by atoms with Gasteiger partial charge in [0.15, 0.2) is 0 Å². The maximum absolute atomic E-state index is 9.80. The quantitative estimate of drug-likeness (QED) is 0.195. The molecule has 2 N–H and O–H groups in total. The van der Waals surface area contributed by atoms with Gasteiger partial charge in [0.2, 0.25) is 0 Å². The Bertz CT molecular complexity index is 1550. The Hall–Kier alpha value is -5.74. The fraction of sp³-hybridized carbons (Fsp3) is 0. The molecule has 0 fully saturated rings. The van der Waals surface area contributed by atoms with E-state index in [-0.39, 0.29) is 11.5 Å². The Morgan fingerprint density at radius 1 is 0.310 bits per heavy atom. The summed E-state index contributed by atoms with van der Waals surface area (Å²) >= 11 is 0. The zero-order valence-corrected chi connectivity index (χ0v) is 23.2. The fourth-order valence-electron chi connectivity index (χ4n) is 4.86. The van der Waals surface area contributed by atoms with E-state index in [1.807, 2.05) is 60.7 Å². The number of nitrogens with zero attached hydrogens (tertiary/aromatic N) is 2. The molecule has 0 heterocycles. The van der Waals surface area contributed by atoms with Crippen LogP contribution in [0.2, 0.25) is 0 Å². The van der Waals surface area contributed by atoms with Crippen LogP contribution in [0.4, 0.5) is 34.1 Å². The summed E-state index contributed by atoms with van der Waals surface area (Å²) in [5.41, 5.74) is 8.31. The van der Waals surface area contributed by atoms with Crippen LogP contribution in [0.15, 0.2) is 171 Å². The number of phenols is 2. The molecule has 0 radical (unpaired) electrons. The van der Waals surface area contributed by atoms with Gasteiger partial charge in [0.1, 0.15) is 11.5 Å². The monoisotopic (exact) mass is 548 g/mol. The average molecular weight is 549 g/mol. The zero-order valence-electron chi connectivity index (χ0n) is 23.2. The molecule has 0 amide bonds. The standard InChI is InChI=1S/C36H28N2O2.C2H4/c39-35-23-19-33(20-24-35)37(29-7-3-1-4-8-29)31-15-11-27(12-16-31)28-13-17-32(18-14-28)38(30-9-5-2-6-10-30)34-21-25-36(40)26-22-34;1-2/h1-26,39-40H;1-2H2. The fourth-order valence-corrected chi connectivity index (χ4v) is 4.86. The van der Waals surface area contributed by atoms with E-state index in [0.717, 1.165) is 45.3 Å². The van der Waals surface area contributed by atoms with E-state index in [1.165, 1.54) is 0 Å². The van der Waals surface area contributed by atoms with Crippen molar-refractivity contribution in [3.05, 3.63) is 171 Å². The summed E-state index contributed by atoms with van der Waals surface area (Å²) in [7, 11) is 0. The van der Waals surface area contributed by atoms with Gasteiger partial charge in [-0.3, -0.25) is 0 Å². The van der Waals surface area contributed by atoms with Crippen molar-refractivity contribution in [2.75, 3.05) is 9.80 Å². The topological polar surface area (TPSA) is 46.9 Å². The highest BCUT2D eigenvalue weighted by Gasteiger charge is 2.14. The van der Waals surface area contributed by atoms with Crippen molar-refractivity contribution in [2.24, 2.45) is 0 Å². The average Bonchev–Trinajstić information content (AvgIpc) is 3.06. The minimum atomic E-state index is 0.242. The lowest BCUT2D eigenvalue weighted by molar-refractivity contribution is 0.475. The van der Waals surface area contributed by atoms with Gasteiger partial charge in [-0.25, -0.2) is 0 Å². The Kier molecular flexibility index (Phi) is 8.66. The van der Waals surface area contributed by atoms with Crippen LogP contribution in [0.25, 0.3) is 11.1 Å². The molecule has 0 aliphatic heterocycles. The highest BCUT2D eigenvalue weighted by Crippen LogP contribution is 2.38. The molecule has 206 valence electrons. The van der Waals surface area contributed by atoms with Crippen molar-refractivity contribution >= 4 is 34.1 Å². The van der Waals surface area contributed by atoms with Crippen LogP contribution >= 0.6 is 0 Å². The van der Waals surface area contributed by atoms with E-state index in [9.17, 15) is 10.2 Å². The third-order valence-electron chi connectivity index (χ3n) is 6.83. The van der Waals surface area contributed by atoms with Gasteiger partial charge in [0.25, 0.3) is 0 Å². The SMILES string of the molecule is C=C.Oc1ccc(N(c2ccccc2)c2ccc(-c3ccc(N(c4ccccc4)c4ccc(O)cc4)cc3)cc2)cc1. The minimum Gasteiger partial charge on any atom is -0.508 e. The third kappa shape index (κ3) is 6.19. The van der Waals surface area contributed by atoms with Crippen LogP contribution in [0.5, 0.6) is 11.5 Å². The molecule has 0 unspecified atom stereocenters. The number of phenolic OH excluding ortho intramolecular Hbond substituents is 2. The second-order valence-electron chi connectivity index (χ2n) is 9.47. The Morgan fingerprint density at radius 2 is 0.548 bits per heavy atom. The summed E-state index contributed by atoms with van der Waals surface area (Å²) in [5.74, 6) is 0.485. The summed E-state index contributed by atoms with van der Waals surface area (Å²) in [6.07, 6.45) is 0. The van der Waals surface area contributed by atoms with E-state index in [1.54, 1.807) is 24.3 Å². The van der Waals surface area contributed by atoms with Crippen LogP contribution < -0.4 is 9.80 Å². The molecule has 42 heavy (non-hydrogen) atoms. The number of aromatic hydroxyl groups is 2. The highest BCUT2D eigenvalue weighted by molar-refractivity contribution is 5.80. The molecule has 0 spiro atoms. The van der Waals surface area contributed by atoms with Crippen molar-refractivity contribution in [1.82, 2.24) is 0 Å². The lowest BCUT2D eigenvalue weighted by atomic mass is 10.0. The van der Waals surface area contributed by atoms with Gasteiger partial charge < -0.3 is 20.0 Å². The molecule has 0 saturated carbocycles. The Morgan fingerprint density at radius 3 is 0.833 bits per heavy atom. The maximum atomic E-state index is 9.80. The van der Waals surface area contributed by atoms with Gasteiger partial charge in [-0.15, -0.1) is 13.2 Å².